The molecule has 0 atom stereocenters. The van der Waals surface area contributed by atoms with E-state index in [0.29, 0.717) is 5.13 Å². The fourth-order valence-electron chi connectivity index (χ4n) is 2.13. The smallest absolute Gasteiger partial charge is 0.229 e. The Morgan fingerprint density at radius 3 is 2.88 bits per heavy atom. The van der Waals surface area contributed by atoms with Crippen LogP contribution in [-0.2, 0) is 4.79 Å². The molecule has 0 saturated heterocycles. The summed E-state index contributed by atoms with van der Waals surface area (Å²) in [7, 11) is 0. The van der Waals surface area contributed by atoms with Crippen molar-refractivity contribution in [2.24, 2.45) is 0 Å². The standard InChI is InChI=1S/C11H16N2O2S/c14-9(13-10-12-6-7-16-10)8-11(15)4-2-1-3-5-11/h6-7,15H,1-5,8H2,(H,12,13,14). The van der Waals surface area contributed by atoms with E-state index in [0.717, 1.165) is 32.1 Å². The van der Waals surface area contributed by atoms with Crippen LogP contribution in [0.5, 0.6) is 0 Å². The summed E-state index contributed by atoms with van der Waals surface area (Å²) in [5, 5.41) is 15.3. The number of anilines is 1. The number of hydrogen-bond donors (Lipinski definition) is 2. The molecule has 0 unspecified atom stereocenters. The number of amides is 1. The van der Waals surface area contributed by atoms with Crippen molar-refractivity contribution in [3.05, 3.63) is 11.6 Å². The molecule has 0 radical (unpaired) electrons. The molecule has 1 saturated carbocycles. The van der Waals surface area contributed by atoms with Crippen molar-refractivity contribution in [2.75, 3.05) is 5.32 Å². The van der Waals surface area contributed by atoms with Gasteiger partial charge in [0.2, 0.25) is 5.91 Å². The van der Waals surface area contributed by atoms with E-state index < -0.39 is 5.60 Å². The quantitative estimate of drug-likeness (QED) is 0.851. The highest BCUT2D eigenvalue weighted by molar-refractivity contribution is 7.13. The van der Waals surface area contributed by atoms with Crippen LogP contribution in [0.1, 0.15) is 38.5 Å². The SMILES string of the molecule is O=C(CC1(O)CCCCC1)Nc1nccs1. The van der Waals surface area contributed by atoms with Crippen LogP contribution in [0.25, 0.3) is 0 Å². The third kappa shape index (κ3) is 3.02. The van der Waals surface area contributed by atoms with Crippen LogP contribution >= 0.6 is 11.3 Å². The van der Waals surface area contributed by atoms with Crippen LogP contribution in [0.15, 0.2) is 11.6 Å². The van der Waals surface area contributed by atoms with Gasteiger partial charge in [-0.25, -0.2) is 4.98 Å². The number of hydrogen-bond acceptors (Lipinski definition) is 4. The number of rotatable bonds is 3. The molecule has 4 nitrogen and oxygen atoms in total. The molecular formula is C11H16N2O2S. The predicted molar refractivity (Wildman–Crippen MR) is 63.4 cm³/mol. The molecule has 2 N–H and O–H groups in total. The average Bonchev–Trinajstić information content (AvgIpc) is 2.70. The number of carbonyl (C=O) groups is 1. The van der Waals surface area contributed by atoms with E-state index in [-0.39, 0.29) is 12.3 Å². The Bertz CT molecular complexity index is 345. The van der Waals surface area contributed by atoms with E-state index in [4.69, 9.17) is 0 Å². The van der Waals surface area contributed by atoms with E-state index in [1.807, 2.05) is 5.38 Å². The normalized spacial score (nSPS) is 19.3. The van der Waals surface area contributed by atoms with Crippen molar-refractivity contribution in [3.63, 3.8) is 0 Å². The van der Waals surface area contributed by atoms with Crippen molar-refractivity contribution >= 4 is 22.4 Å². The van der Waals surface area contributed by atoms with Gasteiger partial charge in [0.15, 0.2) is 5.13 Å². The lowest BCUT2D eigenvalue weighted by atomic mass is 9.82. The van der Waals surface area contributed by atoms with Crippen LogP contribution in [0, 0.1) is 0 Å². The maximum Gasteiger partial charge on any atom is 0.229 e. The Balaban J connectivity index is 1.86. The van der Waals surface area contributed by atoms with Gasteiger partial charge in [-0.1, -0.05) is 19.3 Å². The molecule has 0 spiro atoms. The second kappa shape index (κ2) is 4.93. The summed E-state index contributed by atoms with van der Waals surface area (Å²) >= 11 is 1.39. The van der Waals surface area contributed by atoms with Crippen molar-refractivity contribution in [1.82, 2.24) is 4.98 Å². The Morgan fingerprint density at radius 2 is 2.25 bits per heavy atom. The van der Waals surface area contributed by atoms with Gasteiger partial charge in [0.05, 0.1) is 12.0 Å². The molecule has 1 amide bonds. The lowest BCUT2D eigenvalue weighted by molar-refractivity contribution is -0.122. The van der Waals surface area contributed by atoms with E-state index >= 15 is 0 Å². The minimum atomic E-state index is -0.792. The highest BCUT2D eigenvalue weighted by atomic mass is 32.1. The first kappa shape index (κ1) is 11.5. The molecule has 1 fully saturated rings. The van der Waals surface area contributed by atoms with Gasteiger partial charge in [-0.15, -0.1) is 11.3 Å². The molecule has 2 rings (SSSR count). The lowest BCUT2D eigenvalue weighted by Crippen LogP contribution is -2.35. The van der Waals surface area contributed by atoms with Crippen molar-refractivity contribution in [1.29, 1.82) is 0 Å². The molecule has 1 aliphatic rings. The summed E-state index contributed by atoms with van der Waals surface area (Å²) in [6, 6.07) is 0. The molecule has 16 heavy (non-hydrogen) atoms. The van der Waals surface area contributed by atoms with E-state index in [1.54, 1.807) is 6.20 Å². The monoisotopic (exact) mass is 240 g/mol. The van der Waals surface area contributed by atoms with Crippen molar-refractivity contribution in [2.45, 2.75) is 44.1 Å². The van der Waals surface area contributed by atoms with Crippen molar-refractivity contribution in [3.8, 4) is 0 Å². The topological polar surface area (TPSA) is 62.2 Å². The molecular weight excluding hydrogens is 224 g/mol. The molecule has 1 aromatic rings. The van der Waals surface area contributed by atoms with Crippen LogP contribution in [0.4, 0.5) is 5.13 Å². The van der Waals surface area contributed by atoms with Gasteiger partial charge < -0.3 is 10.4 Å². The highest BCUT2D eigenvalue weighted by Gasteiger charge is 2.31. The fourth-order valence-corrected chi connectivity index (χ4v) is 2.68. The minimum absolute atomic E-state index is 0.139. The van der Waals surface area contributed by atoms with Gasteiger partial charge in [0.25, 0.3) is 0 Å². The number of aromatic nitrogens is 1. The Kier molecular flexibility index (Phi) is 3.56. The summed E-state index contributed by atoms with van der Waals surface area (Å²) in [6.07, 6.45) is 6.50. The van der Waals surface area contributed by atoms with Crippen molar-refractivity contribution < 1.29 is 9.90 Å². The maximum atomic E-state index is 11.7. The third-order valence-electron chi connectivity index (χ3n) is 2.95. The largest absolute Gasteiger partial charge is 0.389 e. The first-order valence-corrected chi connectivity index (χ1v) is 6.48. The highest BCUT2D eigenvalue weighted by Crippen LogP contribution is 2.31. The predicted octanol–water partition coefficient (Wildman–Crippen LogP) is 2.17. The molecule has 1 aromatic heterocycles. The van der Waals surface area contributed by atoms with Gasteiger partial charge in [-0.3, -0.25) is 4.79 Å². The fraction of sp³-hybridized carbons (Fsp3) is 0.636. The zero-order valence-corrected chi connectivity index (χ0v) is 9.92. The van der Waals surface area contributed by atoms with E-state index in [2.05, 4.69) is 10.3 Å². The Hall–Kier alpha value is -0.940. The number of thiazole rings is 1. The Morgan fingerprint density at radius 1 is 1.50 bits per heavy atom. The summed E-state index contributed by atoms with van der Waals surface area (Å²) in [5.74, 6) is -0.139. The maximum absolute atomic E-state index is 11.7. The summed E-state index contributed by atoms with van der Waals surface area (Å²) in [5.41, 5.74) is -0.792. The first-order valence-electron chi connectivity index (χ1n) is 5.60. The zero-order valence-electron chi connectivity index (χ0n) is 9.11. The number of nitrogens with one attached hydrogen (secondary N) is 1. The van der Waals surface area contributed by atoms with Crippen LogP contribution < -0.4 is 5.32 Å². The Labute approximate surface area is 98.7 Å². The van der Waals surface area contributed by atoms with E-state index in [9.17, 15) is 9.90 Å². The van der Waals surface area contributed by atoms with Crippen LogP contribution in [0.2, 0.25) is 0 Å². The molecule has 1 heterocycles. The molecule has 88 valence electrons. The third-order valence-corrected chi connectivity index (χ3v) is 3.64. The molecule has 0 aromatic carbocycles. The second-order valence-electron chi connectivity index (χ2n) is 4.35. The summed E-state index contributed by atoms with van der Waals surface area (Å²) in [6.45, 7) is 0. The first-order chi connectivity index (χ1) is 7.68. The molecule has 0 aliphatic heterocycles. The zero-order chi connectivity index (χ0) is 11.4. The number of nitrogens with zero attached hydrogens (tertiary/aromatic N) is 1. The van der Waals surface area contributed by atoms with E-state index in [1.165, 1.54) is 11.3 Å². The van der Waals surface area contributed by atoms with Crippen LogP contribution in [0.3, 0.4) is 0 Å². The number of aliphatic hydroxyl groups is 1. The van der Waals surface area contributed by atoms with Gasteiger partial charge in [0, 0.05) is 11.6 Å². The number of carbonyl (C=O) groups excluding carboxylic acids is 1. The summed E-state index contributed by atoms with van der Waals surface area (Å²) < 4.78 is 0. The minimum Gasteiger partial charge on any atom is -0.389 e. The van der Waals surface area contributed by atoms with Gasteiger partial charge in [-0.05, 0) is 12.8 Å². The van der Waals surface area contributed by atoms with Gasteiger partial charge in [-0.2, -0.15) is 0 Å². The van der Waals surface area contributed by atoms with Crippen LogP contribution in [-0.4, -0.2) is 21.6 Å². The van der Waals surface area contributed by atoms with Gasteiger partial charge >= 0.3 is 0 Å². The molecule has 0 bridgehead atoms. The lowest BCUT2D eigenvalue weighted by Gasteiger charge is -2.31. The van der Waals surface area contributed by atoms with Gasteiger partial charge in [0.1, 0.15) is 0 Å². The molecule has 1 aliphatic carbocycles. The summed E-state index contributed by atoms with van der Waals surface area (Å²) in [4.78, 5) is 15.7. The second-order valence-corrected chi connectivity index (χ2v) is 5.24. The average molecular weight is 240 g/mol. The molecule has 5 heteroatoms.